The highest BCUT2D eigenvalue weighted by molar-refractivity contribution is 5.95. The van der Waals surface area contributed by atoms with Gasteiger partial charge >= 0.3 is 0 Å². The quantitative estimate of drug-likeness (QED) is 0.587. The van der Waals surface area contributed by atoms with Crippen molar-refractivity contribution >= 4 is 12.1 Å². The van der Waals surface area contributed by atoms with Crippen molar-refractivity contribution < 1.29 is 4.79 Å². The number of tetrazole rings is 1. The summed E-state index contributed by atoms with van der Waals surface area (Å²) in [6, 6.07) is 14.7. The molecule has 0 atom stereocenters. The molecule has 0 fully saturated rings. The molecule has 1 aromatic heterocycles. The number of rotatable bonds is 4. The molecular weight excluding hydrogens is 292 g/mol. The van der Waals surface area contributed by atoms with Crippen LogP contribution in [-0.4, -0.2) is 32.3 Å². The van der Waals surface area contributed by atoms with Crippen molar-refractivity contribution in [3.63, 3.8) is 0 Å². The zero-order valence-electron chi connectivity index (χ0n) is 12.4. The number of carbonyl (C=O) groups is 1. The summed E-state index contributed by atoms with van der Waals surface area (Å²) in [6.07, 6.45) is 3.10. The third-order valence-corrected chi connectivity index (χ3v) is 3.16. The number of aryl methyl sites for hydroxylation is 1. The topological polar surface area (TPSA) is 85.1 Å². The molecule has 7 nitrogen and oxygen atoms in total. The fraction of sp³-hybridized carbons (Fsp3) is 0.0625. The predicted molar refractivity (Wildman–Crippen MR) is 85.4 cm³/mol. The van der Waals surface area contributed by atoms with Gasteiger partial charge in [-0.1, -0.05) is 29.8 Å². The van der Waals surface area contributed by atoms with Gasteiger partial charge in [0, 0.05) is 5.56 Å². The highest BCUT2D eigenvalue weighted by Crippen LogP contribution is 2.07. The van der Waals surface area contributed by atoms with Crippen molar-refractivity contribution in [1.29, 1.82) is 0 Å². The Morgan fingerprint density at radius 1 is 1.22 bits per heavy atom. The summed E-state index contributed by atoms with van der Waals surface area (Å²) in [6.45, 7) is 2.00. The Labute approximate surface area is 132 Å². The molecule has 0 bridgehead atoms. The Bertz CT molecular complexity index is 824. The number of carbonyl (C=O) groups excluding carboxylic acids is 1. The van der Waals surface area contributed by atoms with Gasteiger partial charge in [0.2, 0.25) is 0 Å². The zero-order chi connectivity index (χ0) is 16.1. The van der Waals surface area contributed by atoms with Crippen molar-refractivity contribution in [3.8, 4) is 5.69 Å². The highest BCUT2D eigenvalue weighted by atomic mass is 16.2. The Hall–Kier alpha value is -3.35. The summed E-state index contributed by atoms with van der Waals surface area (Å²) >= 11 is 0. The lowest BCUT2D eigenvalue weighted by Crippen LogP contribution is -2.17. The average molecular weight is 306 g/mol. The van der Waals surface area contributed by atoms with Crippen LogP contribution in [0.3, 0.4) is 0 Å². The molecule has 0 radical (unpaired) electrons. The van der Waals surface area contributed by atoms with Gasteiger partial charge in [-0.3, -0.25) is 4.79 Å². The van der Waals surface area contributed by atoms with E-state index in [0.29, 0.717) is 5.56 Å². The van der Waals surface area contributed by atoms with E-state index in [2.05, 4.69) is 26.1 Å². The molecule has 3 aromatic rings. The summed E-state index contributed by atoms with van der Waals surface area (Å²) in [4.78, 5) is 12.0. The van der Waals surface area contributed by atoms with Gasteiger partial charge in [-0.25, -0.2) is 10.1 Å². The summed E-state index contributed by atoms with van der Waals surface area (Å²) in [5, 5.41) is 14.9. The Morgan fingerprint density at radius 3 is 2.74 bits per heavy atom. The summed E-state index contributed by atoms with van der Waals surface area (Å²) < 4.78 is 1.51. The number of hydrogen-bond donors (Lipinski definition) is 1. The molecule has 0 spiro atoms. The second-order valence-electron chi connectivity index (χ2n) is 4.91. The lowest BCUT2D eigenvalue weighted by molar-refractivity contribution is 0.0955. The Morgan fingerprint density at radius 2 is 2.04 bits per heavy atom. The monoisotopic (exact) mass is 306 g/mol. The van der Waals surface area contributed by atoms with Crippen LogP contribution < -0.4 is 5.43 Å². The van der Waals surface area contributed by atoms with Crippen molar-refractivity contribution in [1.82, 2.24) is 25.6 Å². The van der Waals surface area contributed by atoms with E-state index in [1.807, 2.05) is 31.2 Å². The van der Waals surface area contributed by atoms with Gasteiger partial charge in [0.15, 0.2) is 0 Å². The first-order valence-corrected chi connectivity index (χ1v) is 6.96. The normalized spacial score (nSPS) is 10.8. The van der Waals surface area contributed by atoms with E-state index in [1.165, 1.54) is 11.0 Å². The fourth-order valence-electron chi connectivity index (χ4n) is 2.03. The van der Waals surface area contributed by atoms with Crippen LogP contribution in [0.1, 0.15) is 21.5 Å². The molecule has 7 heteroatoms. The third kappa shape index (κ3) is 3.65. The first-order chi connectivity index (χ1) is 11.2. The third-order valence-electron chi connectivity index (χ3n) is 3.16. The zero-order valence-corrected chi connectivity index (χ0v) is 12.4. The molecule has 0 aliphatic carbocycles. The van der Waals surface area contributed by atoms with E-state index in [-0.39, 0.29) is 5.91 Å². The minimum absolute atomic E-state index is 0.280. The minimum atomic E-state index is -0.280. The SMILES string of the molecule is Cc1cccc(/C=N/NC(=O)c2ccc(-n3cnnn3)cc2)c1. The van der Waals surface area contributed by atoms with Gasteiger partial charge in [-0.05, 0) is 47.2 Å². The van der Waals surface area contributed by atoms with E-state index in [4.69, 9.17) is 0 Å². The van der Waals surface area contributed by atoms with Crippen LogP contribution >= 0.6 is 0 Å². The standard InChI is InChI=1S/C16H14N6O/c1-12-3-2-4-13(9-12)10-17-19-16(23)14-5-7-15(8-6-14)22-11-18-20-21-22/h2-11H,1H3,(H,19,23)/b17-10+. The minimum Gasteiger partial charge on any atom is -0.267 e. The van der Waals surface area contributed by atoms with Crippen molar-refractivity contribution in [2.75, 3.05) is 0 Å². The molecule has 0 unspecified atom stereocenters. The Balaban J connectivity index is 1.64. The second-order valence-corrected chi connectivity index (χ2v) is 4.91. The molecule has 0 saturated heterocycles. The van der Waals surface area contributed by atoms with Crippen LogP contribution in [0, 0.1) is 6.92 Å². The van der Waals surface area contributed by atoms with Crippen molar-refractivity contribution in [2.45, 2.75) is 6.92 Å². The molecule has 0 aliphatic rings. The van der Waals surface area contributed by atoms with Gasteiger partial charge in [-0.2, -0.15) is 5.10 Å². The van der Waals surface area contributed by atoms with E-state index >= 15 is 0 Å². The van der Waals surface area contributed by atoms with Crippen LogP contribution in [0.5, 0.6) is 0 Å². The van der Waals surface area contributed by atoms with Crippen LogP contribution in [0.4, 0.5) is 0 Å². The summed E-state index contributed by atoms with van der Waals surface area (Å²) in [5.41, 5.74) is 5.85. The predicted octanol–water partition coefficient (Wildman–Crippen LogP) is 1.73. The van der Waals surface area contributed by atoms with Gasteiger partial charge < -0.3 is 0 Å². The number of hydrazone groups is 1. The summed E-state index contributed by atoms with van der Waals surface area (Å²) in [5.74, 6) is -0.280. The molecule has 2 aromatic carbocycles. The van der Waals surface area contributed by atoms with E-state index in [0.717, 1.165) is 16.8 Å². The number of amides is 1. The molecule has 114 valence electrons. The first kappa shape index (κ1) is 14.6. The van der Waals surface area contributed by atoms with Crippen LogP contribution in [0.25, 0.3) is 5.69 Å². The largest absolute Gasteiger partial charge is 0.271 e. The molecule has 23 heavy (non-hydrogen) atoms. The molecule has 1 heterocycles. The van der Waals surface area contributed by atoms with E-state index < -0.39 is 0 Å². The number of nitrogens with zero attached hydrogens (tertiary/aromatic N) is 5. The van der Waals surface area contributed by atoms with Crippen LogP contribution in [0.15, 0.2) is 60.0 Å². The molecule has 1 amide bonds. The maximum Gasteiger partial charge on any atom is 0.271 e. The lowest BCUT2D eigenvalue weighted by Gasteiger charge is -2.02. The molecule has 3 rings (SSSR count). The van der Waals surface area contributed by atoms with Gasteiger partial charge in [0.05, 0.1) is 11.9 Å². The number of hydrogen-bond acceptors (Lipinski definition) is 5. The van der Waals surface area contributed by atoms with E-state index in [9.17, 15) is 4.79 Å². The number of nitrogens with one attached hydrogen (secondary N) is 1. The lowest BCUT2D eigenvalue weighted by atomic mass is 10.2. The molecule has 0 saturated carbocycles. The van der Waals surface area contributed by atoms with Gasteiger partial charge in [0.1, 0.15) is 6.33 Å². The smallest absolute Gasteiger partial charge is 0.267 e. The first-order valence-electron chi connectivity index (χ1n) is 6.96. The van der Waals surface area contributed by atoms with Crippen molar-refractivity contribution in [2.24, 2.45) is 5.10 Å². The average Bonchev–Trinajstić information content (AvgIpc) is 3.09. The fourth-order valence-corrected chi connectivity index (χ4v) is 2.03. The molecule has 0 aliphatic heterocycles. The maximum absolute atomic E-state index is 12.0. The highest BCUT2D eigenvalue weighted by Gasteiger charge is 2.05. The second kappa shape index (κ2) is 6.61. The maximum atomic E-state index is 12.0. The molecule has 1 N–H and O–H groups in total. The van der Waals surface area contributed by atoms with E-state index in [1.54, 1.807) is 30.5 Å². The van der Waals surface area contributed by atoms with Crippen LogP contribution in [-0.2, 0) is 0 Å². The molecular formula is C16H14N6O. The number of aromatic nitrogens is 4. The van der Waals surface area contributed by atoms with Gasteiger partial charge in [-0.15, -0.1) is 5.10 Å². The van der Waals surface area contributed by atoms with Gasteiger partial charge in [0.25, 0.3) is 5.91 Å². The Kier molecular flexibility index (Phi) is 4.19. The van der Waals surface area contributed by atoms with Crippen molar-refractivity contribution in [3.05, 3.63) is 71.5 Å². The summed E-state index contributed by atoms with van der Waals surface area (Å²) in [7, 11) is 0. The van der Waals surface area contributed by atoms with Crippen LogP contribution in [0.2, 0.25) is 0 Å². The number of benzene rings is 2.